The van der Waals surface area contributed by atoms with Crippen LogP contribution in [0.25, 0.3) is 0 Å². The smallest absolute Gasteiger partial charge is 0.221 e. The zero-order chi connectivity index (χ0) is 13.8. The fourth-order valence-electron chi connectivity index (χ4n) is 1.87. The summed E-state index contributed by atoms with van der Waals surface area (Å²) in [4.78, 5) is 10.7. The number of aromatic nitrogens is 2. The van der Waals surface area contributed by atoms with E-state index in [-0.39, 0.29) is 5.41 Å². The Bertz CT molecular complexity index is 393. The van der Waals surface area contributed by atoms with E-state index >= 15 is 0 Å². The molecule has 0 atom stereocenters. The summed E-state index contributed by atoms with van der Waals surface area (Å²) in [6.07, 6.45) is 1.54. The Morgan fingerprint density at radius 1 is 1.39 bits per heavy atom. The van der Waals surface area contributed by atoms with Gasteiger partial charge in [0.2, 0.25) is 5.88 Å². The Morgan fingerprint density at radius 2 is 2.06 bits per heavy atom. The van der Waals surface area contributed by atoms with Gasteiger partial charge in [-0.2, -0.15) is 0 Å². The first-order valence-electron chi connectivity index (χ1n) is 6.25. The van der Waals surface area contributed by atoms with Crippen LogP contribution in [0.5, 0.6) is 5.88 Å². The van der Waals surface area contributed by atoms with Crippen LogP contribution in [0.4, 0.5) is 5.82 Å². The fraction of sp³-hybridized carbons (Fsp3) is 0.692. The number of hydrogen-bond donors (Lipinski definition) is 1. The molecule has 1 aromatic rings. The van der Waals surface area contributed by atoms with Gasteiger partial charge in [-0.05, 0) is 25.8 Å². The highest BCUT2D eigenvalue weighted by molar-refractivity contribution is 5.50. The van der Waals surface area contributed by atoms with Crippen molar-refractivity contribution in [2.24, 2.45) is 11.1 Å². The number of nitrogens with two attached hydrogens (primary N) is 1. The average molecular weight is 252 g/mol. The van der Waals surface area contributed by atoms with E-state index in [4.69, 9.17) is 10.5 Å². The molecule has 0 saturated heterocycles. The standard InChI is InChI=1S/C13H24N4O/c1-6-17(8-13(3,4)7-14)11-10(2)12(18-5)16-9-15-11/h9H,6-8,14H2,1-5H3. The molecule has 5 heteroatoms. The maximum atomic E-state index is 5.80. The lowest BCUT2D eigenvalue weighted by Crippen LogP contribution is -2.39. The molecule has 0 unspecified atom stereocenters. The van der Waals surface area contributed by atoms with Gasteiger partial charge in [-0.3, -0.25) is 0 Å². The molecule has 1 rings (SSSR count). The molecule has 0 aromatic carbocycles. The highest BCUT2D eigenvalue weighted by atomic mass is 16.5. The first kappa shape index (κ1) is 14.7. The van der Waals surface area contributed by atoms with E-state index in [0.717, 1.165) is 24.5 Å². The van der Waals surface area contributed by atoms with E-state index in [9.17, 15) is 0 Å². The van der Waals surface area contributed by atoms with Crippen molar-refractivity contribution in [2.75, 3.05) is 31.6 Å². The lowest BCUT2D eigenvalue weighted by molar-refractivity contribution is 0.375. The van der Waals surface area contributed by atoms with Gasteiger partial charge in [0.25, 0.3) is 0 Å². The average Bonchev–Trinajstić information content (AvgIpc) is 2.36. The minimum absolute atomic E-state index is 0.0562. The van der Waals surface area contributed by atoms with Crippen LogP contribution < -0.4 is 15.4 Å². The molecule has 0 saturated carbocycles. The molecule has 5 nitrogen and oxygen atoms in total. The Balaban J connectivity index is 3.02. The van der Waals surface area contributed by atoms with Gasteiger partial charge in [0.15, 0.2) is 0 Å². The Morgan fingerprint density at radius 3 is 2.56 bits per heavy atom. The molecule has 0 fully saturated rings. The summed E-state index contributed by atoms with van der Waals surface area (Å²) in [6.45, 7) is 10.8. The third kappa shape index (κ3) is 3.32. The lowest BCUT2D eigenvalue weighted by atomic mass is 9.93. The number of anilines is 1. The van der Waals surface area contributed by atoms with Crippen molar-refractivity contribution in [2.45, 2.75) is 27.7 Å². The first-order valence-corrected chi connectivity index (χ1v) is 6.25. The number of ether oxygens (including phenoxy) is 1. The van der Waals surface area contributed by atoms with Crippen molar-refractivity contribution < 1.29 is 4.74 Å². The van der Waals surface area contributed by atoms with E-state index in [1.54, 1.807) is 13.4 Å². The van der Waals surface area contributed by atoms with Crippen molar-refractivity contribution in [3.8, 4) is 5.88 Å². The van der Waals surface area contributed by atoms with Gasteiger partial charge >= 0.3 is 0 Å². The molecule has 1 heterocycles. The van der Waals surface area contributed by atoms with Crippen molar-refractivity contribution in [3.63, 3.8) is 0 Å². The zero-order valence-corrected chi connectivity index (χ0v) is 12.0. The molecule has 2 N–H and O–H groups in total. The summed E-state index contributed by atoms with van der Waals surface area (Å²) in [5.74, 6) is 1.55. The minimum Gasteiger partial charge on any atom is -0.481 e. The predicted octanol–water partition coefficient (Wildman–Crippen LogP) is 1.60. The third-order valence-corrected chi connectivity index (χ3v) is 3.06. The van der Waals surface area contributed by atoms with Gasteiger partial charge in [0.05, 0.1) is 12.7 Å². The molecule has 102 valence electrons. The maximum absolute atomic E-state index is 5.80. The molecule has 1 aromatic heterocycles. The fourth-order valence-corrected chi connectivity index (χ4v) is 1.87. The highest BCUT2D eigenvalue weighted by Gasteiger charge is 2.22. The van der Waals surface area contributed by atoms with Gasteiger partial charge in [-0.15, -0.1) is 0 Å². The molecule has 0 amide bonds. The van der Waals surface area contributed by atoms with Crippen molar-refractivity contribution in [1.29, 1.82) is 0 Å². The van der Waals surface area contributed by atoms with E-state index in [1.807, 2.05) is 6.92 Å². The van der Waals surface area contributed by atoms with Crippen LogP contribution in [0.3, 0.4) is 0 Å². The van der Waals surface area contributed by atoms with Crippen LogP contribution in [0.2, 0.25) is 0 Å². The molecule has 0 aliphatic rings. The molecule has 18 heavy (non-hydrogen) atoms. The topological polar surface area (TPSA) is 64.3 Å². The molecule has 0 spiro atoms. The second-order valence-corrected chi connectivity index (χ2v) is 5.21. The monoisotopic (exact) mass is 252 g/mol. The van der Waals surface area contributed by atoms with Crippen LogP contribution in [-0.2, 0) is 0 Å². The number of hydrogen-bond acceptors (Lipinski definition) is 5. The van der Waals surface area contributed by atoms with E-state index in [2.05, 4.69) is 35.6 Å². The van der Waals surface area contributed by atoms with Crippen LogP contribution in [0, 0.1) is 12.3 Å². The summed E-state index contributed by atoms with van der Waals surface area (Å²) >= 11 is 0. The second-order valence-electron chi connectivity index (χ2n) is 5.21. The summed E-state index contributed by atoms with van der Waals surface area (Å²) < 4.78 is 5.23. The third-order valence-electron chi connectivity index (χ3n) is 3.06. The highest BCUT2D eigenvalue weighted by Crippen LogP contribution is 2.26. The van der Waals surface area contributed by atoms with Gasteiger partial charge in [-0.1, -0.05) is 13.8 Å². The van der Waals surface area contributed by atoms with Crippen molar-refractivity contribution in [3.05, 3.63) is 11.9 Å². The van der Waals surface area contributed by atoms with Crippen LogP contribution in [0.15, 0.2) is 6.33 Å². The maximum Gasteiger partial charge on any atom is 0.221 e. The number of methoxy groups -OCH3 is 1. The zero-order valence-electron chi connectivity index (χ0n) is 12.0. The molecular weight excluding hydrogens is 228 g/mol. The lowest BCUT2D eigenvalue weighted by Gasteiger charge is -2.32. The number of nitrogens with zero attached hydrogens (tertiary/aromatic N) is 3. The molecule has 0 aliphatic carbocycles. The van der Waals surface area contributed by atoms with Gasteiger partial charge in [0.1, 0.15) is 12.1 Å². The van der Waals surface area contributed by atoms with E-state index in [1.165, 1.54) is 0 Å². The van der Waals surface area contributed by atoms with E-state index in [0.29, 0.717) is 12.4 Å². The van der Waals surface area contributed by atoms with Gasteiger partial charge in [-0.25, -0.2) is 9.97 Å². The minimum atomic E-state index is 0.0562. The molecule has 0 radical (unpaired) electrons. The summed E-state index contributed by atoms with van der Waals surface area (Å²) in [7, 11) is 1.62. The molecular formula is C13H24N4O. The summed E-state index contributed by atoms with van der Waals surface area (Å²) in [6, 6.07) is 0. The van der Waals surface area contributed by atoms with E-state index < -0.39 is 0 Å². The SMILES string of the molecule is CCN(CC(C)(C)CN)c1ncnc(OC)c1C. The Hall–Kier alpha value is -1.36. The summed E-state index contributed by atoms with van der Waals surface area (Å²) in [5, 5.41) is 0. The number of rotatable bonds is 6. The quantitative estimate of drug-likeness (QED) is 0.833. The van der Waals surface area contributed by atoms with Gasteiger partial charge < -0.3 is 15.4 Å². The summed E-state index contributed by atoms with van der Waals surface area (Å²) in [5.41, 5.74) is 6.82. The van der Waals surface area contributed by atoms with Crippen LogP contribution in [-0.4, -0.2) is 36.7 Å². The largest absolute Gasteiger partial charge is 0.481 e. The van der Waals surface area contributed by atoms with Crippen molar-refractivity contribution in [1.82, 2.24) is 9.97 Å². The Kier molecular flexibility index (Phi) is 4.90. The normalized spacial score (nSPS) is 11.4. The van der Waals surface area contributed by atoms with Gasteiger partial charge in [0, 0.05) is 13.1 Å². The first-order chi connectivity index (χ1) is 8.45. The van der Waals surface area contributed by atoms with Crippen molar-refractivity contribution >= 4 is 5.82 Å². The van der Waals surface area contributed by atoms with Crippen LogP contribution >= 0.6 is 0 Å². The van der Waals surface area contributed by atoms with Crippen LogP contribution in [0.1, 0.15) is 26.3 Å². The molecule has 0 bridgehead atoms. The molecule has 0 aliphatic heterocycles. The second kappa shape index (κ2) is 6.00. The Labute approximate surface area is 109 Å². The predicted molar refractivity (Wildman–Crippen MR) is 74.0 cm³/mol.